The zero-order valence-corrected chi connectivity index (χ0v) is 22.9. The van der Waals surface area contributed by atoms with E-state index < -0.39 is 5.97 Å². The van der Waals surface area contributed by atoms with Crippen LogP contribution in [0.1, 0.15) is 142 Å². The topological polar surface area (TPSA) is 63.6 Å². The van der Waals surface area contributed by atoms with Gasteiger partial charge < -0.3 is 9.84 Å². The van der Waals surface area contributed by atoms with Gasteiger partial charge in [0.05, 0.1) is 0 Å². The van der Waals surface area contributed by atoms with E-state index in [2.05, 4.69) is 50.3 Å². The molecule has 202 valence electrons. The maximum absolute atomic E-state index is 12.3. The summed E-state index contributed by atoms with van der Waals surface area (Å²) < 4.78 is 5.79. The van der Waals surface area contributed by atoms with E-state index in [1.165, 1.54) is 51.4 Å². The fourth-order valence-electron chi connectivity index (χ4n) is 3.93. The average Bonchev–Trinajstić information content (AvgIpc) is 2.83. The molecule has 4 nitrogen and oxygen atoms in total. The monoisotopic (exact) mass is 490 g/mol. The highest BCUT2D eigenvalue weighted by Crippen LogP contribution is 2.14. The molecule has 0 aromatic rings. The van der Waals surface area contributed by atoms with Gasteiger partial charge in [-0.1, -0.05) is 108 Å². The van der Waals surface area contributed by atoms with Crippen molar-refractivity contribution in [2.24, 2.45) is 0 Å². The van der Waals surface area contributed by atoms with Gasteiger partial charge in [0, 0.05) is 12.8 Å². The molecule has 0 amide bonds. The summed E-state index contributed by atoms with van der Waals surface area (Å²) in [5.74, 6) is -0.801. The number of unbranched alkanes of at least 4 members (excludes halogenated alkanes) is 12. The SMILES string of the molecule is CCCCC/C=C\C/C=C\C/C=C\C(CCCCCCCC(=O)O)OC(=O)CCCCCCCC. The van der Waals surface area contributed by atoms with Gasteiger partial charge in [-0.05, 0) is 57.4 Å². The van der Waals surface area contributed by atoms with Gasteiger partial charge >= 0.3 is 11.9 Å². The van der Waals surface area contributed by atoms with Crippen molar-refractivity contribution >= 4 is 11.9 Å². The maximum Gasteiger partial charge on any atom is 0.306 e. The Morgan fingerprint density at radius 1 is 0.657 bits per heavy atom. The van der Waals surface area contributed by atoms with Gasteiger partial charge in [-0.25, -0.2) is 0 Å². The molecule has 0 aliphatic rings. The smallest absolute Gasteiger partial charge is 0.306 e. The first-order chi connectivity index (χ1) is 17.1. The minimum atomic E-state index is -0.718. The number of allylic oxidation sites excluding steroid dienone is 5. The second-order valence-corrected chi connectivity index (χ2v) is 9.58. The van der Waals surface area contributed by atoms with Crippen molar-refractivity contribution in [2.75, 3.05) is 0 Å². The largest absolute Gasteiger partial charge is 0.481 e. The molecule has 35 heavy (non-hydrogen) atoms. The molecule has 1 atom stereocenters. The minimum Gasteiger partial charge on any atom is -0.481 e. The summed E-state index contributed by atoms with van der Waals surface area (Å²) >= 11 is 0. The molecule has 0 aliphatic carbocycles. The molecule has 0 bridgehead atoms. The summed E-state index contributed by atoms with van der Waals surface area (Å²) in [5.41, 5.74) is 0. The average molecular weight is 491 g/mol. The zero-order valence-electron chi connectivity index (χ0n) is 22.9. The van der Waals surface area contributed by atoms with Crippen molar-refractivity contribution in [1.82, 2.24) is 0 Å². The predicted molar refractivity (Wildman–Crippen MR) is 149 cm³/mol. The highest BCUT2D eigenvalue weighted by atomic mass is 16.5. The van der Waals surface area contributed by atoms with Crippen LogP contribution in [0.5, 0.6) is 0 Å². The van der Waals surface area contributed by atoms with E-state index in [0.29, 0.717) is 6.42 Å². The molecule has 0 rings (SSSR count). The Kier molecular flexibility index (Phi) is 25.4. The molecule has 0 saturated heterocycles. The number of ether oxygens (including phenoxy) is 1. The van der Waals surface area contributed by atoms with E-state index in [1.807, 2.05) is 0 Å². The lowest BCUT2D eigenvalue weighted by molar-refractivity contribution is -0.147. The van der Waals surface area contributed by atoms with Gasteiger partial charge in [0.15, 0.2) is 0 Å². The van der Waals surface area contributed by atoms with Crippen LogP contribution in [0.25, 0.3) is 0 Å². The standard InChI is InChI=1S/C31H54O4/c1-3-5-7-9-11-12-13-14-15-17-21-25-29(26-22-18-16-19-23-27-30(32)33)35-31(34)28-24-20-10-8-6-4-2/h11-12,14-15,21,25,29H,3-10,13,16-20,22-24,26-28H2,1-2H3,(H,32,33)/b12-11-,15-14-,25-21-. The Balaban J connectivity index is 4.31. The first-order valence-electron chi connectivity index (χ1n) is 14.5. The van der Waals surface area contributed by atoms with Crippen LogP contribution >= 0.6 is 0 Å². The normalized spacial score (nSPS) is 12.7. The Labute approximate surface area is 216 Å². The summed E-state index contributed by atoms with van der Waals surface area (Å²) in [6.07, 6.45) is 33.1. The third-order valence-electron chi connectivity index (χ3n) is 6.10. The van der Waals surface area contributed by atoms with Crippen LogP contribution in [-0.4, -0.2) is 23.1 Å². The number of hydrogen-bond acceptors (Lipinski definition) is 3. The van der Waals surface area contributed by atoms with Crippen LogP contribution < -0.4 is 0 Å². The highest BCUT2D eigenvalue weighted by molar-refractivity contribution is 5.69. The molecular formula is C31H54O4. The number of carbonyl (C=O) groups is 2. The number of aliphatic carboxylic acids is 1. The number of carboxylic acid groups (broad SMARTS) is 1. The molecule has 0 heterocycles. The minimum absolute atomic E-state index is 0.0830. The van der Waals surface area contributed by atoms with E-state index in [1.54, 1.807) is 0 Å². The number of esters is 1. The highest BCUT2D eigenvalue weighted by Gasteiger charge is 2.11. The Morgan fingerprint density at radius 3 is 1.89 bits per heavy atom. The predicted octanol–water partition coefficient (Wildman–Crippen LogP) is 9.49. The van der Waals surface area contributed by atoms with Crippen molar-refractivity contribution in [3.63, 3.8) is 0 Å². The molecule has 1 N–H and O–H groups in total. The van der Waals surface area contributed by atoms with Crippen molar-refractivity contribution in [3.8, 4) is 0 Å². The summed E-state index contributed by atoms with van der Waals surface area (Å²) in [6, 6.07) is 0. The summed E-state index contributed by atoms with van der Waals surface area (Å²) in [6.45, 7) is 4.44. The molecule has 0 saturated carbocycles. The van der Waals surface area contributed by atoms with E-state index in [9.17, 15) is 9.59 Å². The molecule has 0 spiro atoms. The maximum atomic E-state index is 12.3. The lowest BCUT2D eigenvalue weighted by atomic mass is 10.1. The molecule has 0 fully saturated rings. The Hall–Kier alpha value is -1.84. The number of hydrogen-bond donors (Lipinski definition) is 1. The van der Waals surface area contributed by atoms with Gasteiger partial charge in [0.1, 0.15) is 6.10 Å². The lowest BCUT2D eigenvalue weighted by Crippen LogP contribution is -2.16. The van der Waals surface area contributed by atoms with Crippen molar-refractivity contribution in [3.05, 3.63) is 36.5 Å². The molecule has 0 radical (unpaired) electrons. The van der Waals surface area contributed by atoms with Crippen molar-refractivity contribution < 1.29 is 19.4 Å². The quantitative estimate of drug-likeness (QED) is 0.0786. The summed E-state index contributed by atoms with van der Waals surface area (Å²) in [4.78, 5) is 23.0. The zero-order chi connectivity index (χ0) is 25.8. The first-order valence-corrected chi connectivity index (χ1v) is 14.5. The second-order valence-electron chi connectivity index (χ2n) is 9.58. The van der Waals surface area contributed by atoms with Gasteiger partial charge in [-0.2, -0.15) is 0 Å². The van der Waals surface area contributed by atoms with E-state index in [4.69, 9.17) is 9.84 Å². The van der Waals surface area contributed by atoms with Gasteiger partial charge in [-0.3, -0.25) is 9.59 Å². The molecule has 0 aromatic carbocycles. The summed E-state index contributed by atoms with van der Waals surface area (Å²) in [7, 11) is 0. The fraction of sp³-hybridized carbons (Fsp3) is 0.742. The molecule has 4 heteroatoms. The second kappa shape index (κ2) is 26.8. The number of rotatable bonds is 25. The molecule has 0 aromatic heterocycles. The molecular weight excluding hydrogens is 436 g/mol. The van der Waals surface area contributed by atoms with Crippen molar-refractivity contribution in [1.29, 1.82) is 0 Å². The van der Waals surface area contributed by atoms with Crippen LogP contribution in [0.2, 0.25) is 0 Å². The van der Waals surface area contributed by atoms with Crippen LogP contribution in [0.4, 0.5) is 0 Å². The summed E-state index contributed by atoms with van der Waals surface area (Å²) in [5, 5.41) is 8.73. The van der Waals surface area contributed by atoms with Crippen LogP contribution in [0.3, 0.4) is 0 Å². The fourth-order valence-corrected chi connectivity index (χ4v) is 3.93. The van der Waals surface area contributed by atoms with E-state index >= 15 is 0 Å². The van der Waals surface area contributed by atoms with Gasteiger partial charge in [0.25, 0.3) is 0 Å². The van der Waals surface area contributed by atoms with E-state index in [0.717, 1.165) is 64.2 Å². The van der Waals surface area contributed by atoms with Gasteiger partial charge in [-0.15, -0.1) is 0 Å². The Morgan fingerprint density at radius 2 is 1.20 bits per heavy atom. The van der Waals surface area contributed by atoms with Crippen LogP contribution in [0.15, 0.2) is 36.5 Å². The molecule has 1 unspecified atom stereocenters. The number of carboxylic acids is 1. The van der Waals surface area contributed by atoms with Crippen molar-refractivity contribution in [2.45, 2.75) is 148 Å². The lowest BCUT2D eigenvalue weighted by Gasteiger charge is -2.14. The first kappa shape index (κ1) is 33.2. The third-order valence-corrected chi connectivity index (χ3v) is 6.10. The van der Waals surface area contributed by atoms with Crippen LogP contribution in [0, 0.1) is 0 Å². The Bertz CT molecular complexity index is 577. The van der Waals surface area contributed by atoms with E-state index in [-0.39, 0.29) is 18.5 Å². The third kappa shape index (κ3) is 26.6. The molecule has 0 aliphatic heterocycles. The van der Waals surface area contributed by atoms with Crippen LogP contribution in [-0.2, 0) is 14.3 Å². The number of carbonyl (C=O) groups excluding carboxylic acids is 1. The van der Waals surface area contributed by atoms with Gasteiger partial charge in [0.2, 0.25) is 0 Å².